The molecule has 0 spiro atoms. The van der Waals surface area contributed by atoms with Crippen LogP contribution in [0.4, 0.5) is 0 Å². The lowest BCUT2D eigenvalue weighted by Crippen LogP contribution is -2.25. The summed E-state index contributed by atoms with van der Waals surface area (Å²) in [6, 6.07) is 82.5. The summed E-state index contributed by atoms with van der Waals surface area (Å²) in [5.41, 5.74) is 19.8. The minimum Gasteiger partial charge on any atom is -0.497 e. The number of rotatable bonds is 32. The predicted molar refractivity (Wildman–Crippen MR) is 416 cm³/mol. The van der Waals surface area contributed by atoms with Gasteiger partial charge in [-0.05, 0) is 265 Å². The third kappa shape index (κ3) is 18.5. The Balaban J connectivity index is 0.574. The molecule has 0 unspecified atom stereocenters. The van der Waals surface area contributed by atoms with Gasteiger partial charge in [0.1, 0.15) is 65.3 Å². The Bertz CT molecular complexity index is 4470. The maximum atomic E-state index is 11.0. The van der Waals surface area contributed by atoms with Crippen LogP contribution in [0.3, 0.4) is 0 Å². The summed E-state index contributed by atoms with van der Waals surface area (Å²) in [6.07, 6.45) is 4.26. The summed E-state index contributed by atoms with van der Waals surface area (Å²) < 4.78 is 46.5. The molecule has 0 radical (unpaired) electrons. The van der Waals surface area contributed by atoms with Crippen molar-refractivity contribution in [1.29, 1.82) is 0 Å². The summed E-state index contributed by atoms with van der Waals surface area (Å²) in [5.74, 6) is 6.26. The number of benzene rings is 8. The molecule has 0 aliphatic carbocycles. The molecule has 0 aliphatic heterocycles. The van der Waals surface area contributed by atoms with E-state index in [1.54, 1.807) is 28.4 Å². The topological polar surface area (TPSA) is 146 Å². The number of methoxy groups -OCH3 is 4. The third-order valence-corrected chi connectivity index (χ3v) is 19.3. The highest BCUT2D eigenvalue weighted by molar-refractivity contribution is 5.76. The average molecular weight is 1390 g/mol. The van der Waals surface area contributed by atoms with Crippen molar-refractivity contribution in [3.05, 3.63) is 288 Å². The lowest BCUT2D eigenvalue weighted by atomic mass is 9.78. The molecule has 13 nitrogen and oxygen atoms in total. The Labute approximate surface area is 612 Å². The van der Waals surface area contributed by atoms with E-state index in [2.05, 4.69) is 198 Å². The molecule has 530 valence electrons. The molecule has 104 heavy (non-hydrogen) atoms. The third-order valence-electron chi connectivity index (χ3n) is 19.3. The van der Waals surface area contributed by atoms with Crippen molar-refractivity contribution in [2.75, 3.05) is 54.9 Å². The van der Waals surface area contributed by atoms with Gasteiger partial charge in [-0.25, -0.2) is 0 Å². The zero-order valence-electron chi connectivity index (χ0n) is 61.2. The number of hydrogen-bond donors (Lipinski definition) is 1. The molecule has 0 aliphatic rings. The first-order chi connectivity index (χ1) is 50.5. The molecule has 4 heterocycles. The summed E-state index contributed by atoms with van der Waals surface area (Å²) in [5, 5.41) is 11.0. The first kappa shape index (κ1) is 72.5. The summed E-state index contributed by atoms with van der Waals surface area (Å²) in [7, 11) is 6.72. The van der Waals surface area contributed by atoms with Gasteiger partial charge in [0.05, 0.1) is 64.4 Å². The first-order valence-electron chi connectivity index (χ1n) is 35.7. The van der Waals surface area contributed by atoms with Gasteiger partial charge in [0.2, 0.25) is 0 Å². The number of hydrogen-bond acceptors (Lipinski definition) is 13. The number of aliphatic hydroxyl groups is 1. The molecule has 12 aromatic rings. The second-order valence-corrected chi connectivity index (χ2v) is 27.4. The van der Waals surface area contributed by atoms with Crippen LogP contribution in [0.15, 0.2) is 243 Å². The van der Waals surface area contributed by atoms with Crippen LogP contribution in [-0.4, -0.2) is 86.0 Å². The molecule has 4 aromatic heterocycles. The SMILES string of the molecule is COc1ccc(-c2cc(C)nc(-c3cc(-c4ccc(OC)cc4)cc(CCCCOc4ccc(C(C)(C)c5ccc(OCC(O)COc6ccc(C(C)(C)c7ccc(OCCCCc8cc(-c9ccc(OC)cc9)cc(-c9cc(-c%10ccc(OC)cc%10)cc(C)n9)n8)cc7)cc6)cc5)cc4)n3)c2)cc1. The molecule has 0 atom stereocenters. The number of nitrogens with zero attached hydrogens (tertiary/aromatic N) is 4. The number of aromatic nitrogens is 4. The predicted octanol–water partition coefficient (Wildman–Crippen LogP) is 20.2. The van der Waals surface area contributed by atoms with Gasteiger partial charge in [-0.1, -0.05) is 125 Å². The molecule has 13 heteroatoms. The molecule has 0 fully saturated rings. The molecule has 0 saturated carbocycles. The van der Waals surface area contributed by atoms with Crippen LogP contribution < -0.4 is 37.9 Å². The smallest absolute Gasteiger partial charge is 0.122 e. The van der Waals surface area contributed by atoms with E-state index in [4.69, 9.17) is 57.8 Å². The average Bonchev–Trinajstić information content (AvgIpc) is 0.815. The highest BCUT2D eigenvalue weighted by atomic mass is 16.5. The van der Waals surface area contributed by atoms with E-state index in [1.807, 2.05) is 86.6 Å². The van der Waals surface area contributed by atoms with E-state index in [9.17, 15) is 5.11 Å². The van der Waals surface area contributed by atoms with Gasteiger partial charge in [-0.2, -0.15) is 0 Å². The highest BCUT2D eigenvalue weighted by Crippen LogP contribution is 2.38. The Hall–Kier alpha value is -11.3. The van der Waals surface area contributed by atoms with Crippen molar-refractivity contribution < 1.29 is 43.0 Å². The van der Waals surface area contributed by atoms with Gasteiger partial charge in [0.15, 0.2) is 0 Å². The summed E-state index contributed by atoms with van der Waals surface area (Å²) in [4.78, 5) is 20.3. The number of unbranched alkanes of at least 4 members (excludes halogenated alkanes) is 2. The van der Waals surface area contributed by atoms with Gasteiger partial charge in [-0.3, -0.25) is 19.9 Å². The number of ether oxygens (including phenoxy) is 8. The van der Waals surface area contributed by atoms with Crippen molar-refractivity contribution in [2.45, 2.75) is 97.0 Å². The zero-order chi connectivity index (χ0) is 72.6. The van der Waals surface area contributed by atoms with Crippen molar-refractivity contribution in [3.63, 3.8) is 0 Å². The van der Waals surface area contributed by atoms with Crippen LogP contribution in [0.5, 0.6) is 46.0 Å². The fraction of sp³-hybridized carbons (Fsp3) is 0.253. The van der Waals surface area contributed by atoms with Crippen LogP contribution in [-0.2, 0) is 23.7 Å². The van der Waals surface area contributed by atoms with Gasteiger partial charge in [-0.15, -0.1) is 0 Å². The second kappa shape index (κ2) is 33.7. The number of aliphatic hydroxyl groups excluding tert-OH is 1. The van der Waals surface area contributed by atoms with Crippen molar-refractivity contribution in [3.8, 4) is 113 Å². The molecule has 12 rings (SSSR count). The van der Waals surface area contributed by atoms with E-state index >= 15 is 0 Å². The Morgan fingerprint density at radius 2 is 0.538 bits per heavy atom. The Morgan fingerprint density at radius 1 is 0.288 bits per heavy atom. The molecule has 0 bridgehead atoms. The molecule has 1 N–H and O–H groups in total. The van der Waals surface area contributed by atoms with Crippen LogP contribution in [0.25, 0.3) is 67.3 Å². The van der Waals surface area contributed by atoms with Gasteiger partial charge in [0.25, 0.3) is 0 Å². The zero-order valence-corrected chi connectivity index (χ0v) is 61.2. The van der Waals surface area contributed by atoms with Crippen LogP contribution in [0.1, 0.15) is 98.4 Å². The van der Waals surface area contributed by atoms with Gasteiger partial charge in [0, 0.05) is 33.6 Å². The van der Waals surface area contributed by atoms with Crippen LogP contribution in [0, 0.1) is 13.8 Å². The van der Waals surface area contributed by atoms with Crippen LogP contribution in [0.2, 0.25) is 0 Å². The first-order valence-corrected chi connectivity index (χ1v) is 35.7. The van der Waals surface area contributed by atoms with Crippen molar-refractivity contribution in [1.82, 2.24) is 19.9 Å². The second-order valence-electron chi connectivity index (χ2n) is 27.4. The normalized spacial score (nSPS) is 11.5. The quantitative estimate of drug-likeness (QED) is 0.0400. The maximum absolute atomic E-state index is 11.0. The minimum atomic E-state index is -0.836. The fourth-order valence-corrected chi connectivity index (χ4v) is 12.9. The molecular weight excluding hydrogens is 1290 g/mol. The summed E-state index contributed by atoms with van der Waals surface area (Å²) in [6.45, 7) is 14.3. The van der Waals surface area contributed by atoms with Crippen LogP contribution >= 0.6 is 0 Å². The van der Waals surface area contributed by atoms with Crippen molar-refractivity contribution >= 4 is 0 Å². The van der Waals surface area contributed by atoms with Crippen molar-refractivity contribution in [2.24, 2.45) is 0 Å². The fourth-order valence-electron chi connectivity index (χ4n) is 12.9. The highest BCUT2D eigenvalue weighted by Gasteiger charge is 2.26. The largest absolute Gasteiger partial charge is 0.497 e. The van der Waals surface area contributed by atoms with Gasteiger partial charge >= 0.3 is 0 Å². The minimum absolute atomic E-state index is 0.0871. The van der Waals surface area contributed by atoms with E-state index in [1.165, 1.54) is 0 Å². The van der Waals surface area contributed by atoms with E-state index in [0.717, 1.165) is 185 Å². The number of aryl methyl sites for hydroxylation is 4. The number of pyridine rings is 4. The Morgan fingerprint density at radius 3 is 0.817 bits per heavy atom. The maximum Gasteiger partial charge on any atom is 0.122 e. The standard InChI is InChI=1S/C91H92N4O9/c1-61-51-67(63-17-33-78(97-7)34-18-63)55-86(92-61)88-57-69(65-21-37-80(99-9)38-22-65)53-75(94-88)15-11-13-49-101-82-41-25-71(26-42-82)90(3,4)73-29-45-84(46-30-73)103-59-77(96)60-104-85-47-31-74(32-48-85)91(5,6)72-27-43-83(44-28-72)102-50-14-12-16-76-54-70(66-23-39-81(100-10)40-24-66)58-89(95-76)87-56-68(52-62(2)93-87)64-19-35-79(98-8)36-20-64/h17-48,51-58,77,96H,11-16,49-50,59-60H2,1-10H3. The van der Waals surface area contributed by atoms with Gasteiger partial charge < -0.3 is 43.0 Å². The molecule has 0 amide bonds. The van der Waals surface area contributed by atoms with E-state index in [0.29, 0.717) is 24.7 Å². The monoisotopic (exact) mass is 1380 g/mol. The van der Waals surface area contributed by atoms with E-state index in [-0.39, 0.29) is 24.0 Å². The lowest BCUT2D eigenvalue weighted by Gasteiger charge is -2.27. The van der Waals surface area contributed by atoms with E-state index < -0.39 is 6.10 Å². The Kier molecular flexibility index (Phi) is 23.5. The summed E-state index contributed by atoms with van der Waals surface area (Å²) >= 11 is 0. The molecular formula is C91H92N4O9. The molecule has 8 aromatic carbocycles. The lowest BCUT2D eigenvalue weighted by molar-refractivity contribution is 0.0626. The molecule has 0 saturated heterocycles.